The minimum Gasteiger partial charge on any atom is -0.491 e. The lowest BCUT2D eigenvalue weighted by atomic mass is 9.96. The maximum Gasteiger partial charge on any atom is 0.165 e. The lowest BCUT2D eigenvalue weighted by Gasteiger charge is -2.20. The van der Waals surface area contributed by atoms with Crippen molar-refractivity contribution < 1.29 is 9.13 Å². The highest BCUT2D eigenvalue weighted by Gasteiger charge is 2.13. The molecule has 0 saturated carbocycles. The molecule has 0 aliphatic rings. The highest BCUT2D eigenvalue weighted by atomic mass is 19.1. The van der Waals surface area contributed by atoms with E-state index in [4.69, 9.17) is 4.74 Å². The number of rotatable bonds is 6. The maximum absolute atomic E-state index is 13.6. The van der Waals surface area contributed by atoms with Gasteiger partial charge in [0.1, 0.15) is 0 Å². The van der Waals surface area contributed by atoms with Crippen LogP contribution in [0.15, 0.2) is 18.2 Å². The Morgan fingerprint density at radius 1 is 1.35 bits per heavy atom. The van der Waals surface area contributed by atoms with Crippen molar-refractivity contribution in [1.82, 2.24) is 5.32 Å². The largest absolute Gasteiger partial charge is 0.491 e. The number of halogens is 1. The van der Waals surface area contributed by atoms with Gasteiger partial charge in [-0.15, -0.1) is 0 Å². The zero-order chi connectivity index (χ0) is 12.8. The van der Waals surface area contributed by atoms with Crippen molar-refractivity contribution in [1.29, 1.82) is 0 Å². The van der Waals surface area contributed by atoms with Crippen LogP contribution in [0.25, 0.3) is 0 Å². The smallest absolute Gasteiger partial charge is 0.165 e. The van der Waals surface area contributed by atoms with E-state index in [0.29, 0.717) is 24.3 Å². The molecule has 0 radical (unpaired) electrons. The van der Waals surface area contributed by atoms with Gasteiger partial charge >= 0.3 is 0 Å². The monoisotopic (exact) mass is 239 g/mol. The Kier molecular flexibility index (Phi) is 5.42. The van der Waals surface area contributed by atoms with Gasteiger partial charge in [-0.1, -0.05) is 19.9 Å². The topological polar surface area (TPSA) is 21.3 Å². The van der Waals surface area contributed by atoms with Crippen LogP contribution in [0, 0.1) is 11.7 Å². The molecule has 1 N–H and O–H groups in total. The van der Waals surface area contributed by atoms with Crippen molar-refractivity contribution in [3.8, 4) is 5.75 Å². The molecule has 17 heavy (non-hydrogen) atoms. The second-order valence-electron chi connectivity index (χ2n) is 4.54. The average Bonchev–Trinajstić information content (AvgIpc) is 2.29. The van der Waals surface area contributed by atoms with E-state index in [9.17, 15) is 4.39 Å². The third-order valence-electron chi connectivity index (χ3n) is 2.93. The Morgan fingerprint density at radius 3 is 2.53 bits per heavy atom. The summed E-state index contributed by atoms with van der Waals surface area (Å²) >= 11 is 0. The van der Waals surface area contributed by atoms with Gasteiger partial charge in [-0.3, -0.25) is 0 Å². The third kappa shape index (κ3) is 4.00. The highest BCUT2D eigenvalue weighted by molar-refractivity contribution is 5.29. The summed E-state index contributed by atoms with van der Waals surface area (Å²) in [6, 6.07) is 5.58. The zero-order valence-corrected chi connectivity index (χ0v) is 11.1. The highest BCUT2D eigenvalue weighted by Crippen LogP contribution is 2.20. The van der Waals surface area contributed by atoms with Gasteiger partial charge in [0, 0.05) is 6.04 Å². The third-order valence-corrected chi connectivity index (χ3v) is 2.93. The fourth-order valence-corrected chi connectivity index (χ4v) is 1.87. The lowest BCUT2D eigenvalue weighted by molar-refractivity contribution is 0.321. The Bertz CT molecular complexity index is 352. The lowest BCUT2D eigenvalue weighted by Crippen LogP contribution is -2.32. The van der Waals surface area contributed by atoms with Crippen LogP contribution in [0.2, 0.25) is 0 Å². The zero-order valence-electron chi connectivity index (χ0n) is 11.1. The molecule has 0 amide bonds. The molecule has 0 saturated heterocycles. The molecule has 0 aliphatic carbocycles. The van der Waals surface area contributed by atoms with Crippen LogP contribution < -0.4 is 10.1 Å². The van der Waals surface area contributed by atoms with Gasteiger partial charge in [0.15, 0.2) is 11.6 Å². The van der Waals surface area contributed by atoms with Gasteiger partial charge in [0.25, 0.3) is 0 Å². The Labute approximate surface area is 103 Å². The van der Waals surface area contributed by atoms with Gasteiger partial charge in [0.2, 0.25) is 0 Å². The summed E-state index contributed by atoms with van der Waals surface area (Å²) in [5.41, 5.74) is 0.999. The summed E-state index contributed by atoms with van der Waals surface area (Å²) in [4.78, 5) is 0. The van der Waals surface area contributed by atoms with Crippen LogP contribution in [0.1, 0.15) is 26.3 Å². The van der Waals surface area contributed by atoms with Crippen LogP contribution in [0.4, 0.5) is 4.39 Å². The van der Waals surface area contributed by atoms with Gasteiger partial charge < -0.3 is 10.1 Å². The SMILES string of the molecule is CCOc1ccc(CC(NC)C(C)C)cc1F. The summed E-state index contributed by atoms with van der Waals surface area (Å²) in [7, 11) is 1.94. The quantitative estimate of drug-likeness (QED) is 0.824. The number of likely N-dealkylation sites (N-methyl/N-ethyl adjacent to an activating group) is 1. The summed E-state index contributed by atoms with van der Waals surface area (Å²) in [5.74, 6) is 0.583. The first-order valence-electron chi connectivity index (χ1n) is 6.17. The van der Waals surface area contributed by atoms with E-state index in [0.717, 1.165) is 12.0 Å². The average molecular weight is 239 g/mol. The molecule has 1 aromatic rings. The minimum atomic E-state index is -0.275. The van der Waals surface area contributed by atoms with Crippen LogP contribution in [0.3, 0.4) is 0 Å². The number of hydrogen-bond donors (Lipinski definition) is 1. The summed E-state index contributed by atoms with van der Waals surface area (Å²) < 4.78 is 18.8. The summed E-state index contributed by atoms with van der Waals surface area (Å²) in [6.07, 6.45) is 0.831. The van der Waals surface area contributed by atoms with Crippen LogP contribution in [0.5, 0.6) is 5.75 Å². The minimum absolute atomic E-state index is 0.275. The van der Waals surface area contributed by atoms with E-state index < -0.39 is 0 Å². The fourth-order valence-electron chi connectivity index (χ4n) is 1.87. The van der Waals surface area contributed by atoms with Crippen molar-refractivity contribution in [3.05, 3.63) is 29.6 Å². The van der Waals surface area contributed by atoms with Crippen LogP contribution >= 0.6 is 0 Å². The summed E-state index contributed by atoms with van der Waals surface area (Å²) in [6.45, 7) is 6.66. The predicted octanol–water partition coefficient (Wildman–Crippen LogP) is 3.01. The second-order valence-corrected chi connectivity index (χ2v) is 4.54. The van der Waals surface area contributed by atoms with E-state index in [1.807, 2.05) is 20.0 Å². The van der Waals surface area contributed by atoms with Gasteiger partial charge in [-0.25, -0.2) is 4.39 Å². The van der Waals surface area contributed by atoms with E-state index in [2.05, 4.69) is 19.2 Å². The van der Waals surface area contributed by atoms with Crippen molar-refractivity contribution in [3.63, 3.8) is 0 Å². The first-order chi connectivity index (χ1) is 8.08. The number of nitrogens with one attached hydrogen (secondary N) is 1. The fraction of sp³-hybridized carbons (Fsp3) is 0.571. The molecule has 0 heterocycles. The molecular formula is C14H22FNO. The molecule has 1 rings (SSSR count). The molecule has 3 heteroatoms. The molecule has 96 valence electrons. The normalized spacial score (nSPS) is 12.8. The molecule has 1 unspecified atom stereocenters. The van der Waals surface area contributed by atoms with Crippen molar-refractivity contribution in [2.45, 2.75) is 33.2 Å². The van der Waals surface area contributed by atoms with Crippen molar-refractivity contribution in [2.75, 3.05) is 13.7 Å². The Morgan fingerprint density at radius 2 is 2.06 bits per heavy atom. The molecule has 0 bridgehead atoms. The van der Waals surface area contributed by atoms with E-state index in [1.165, 1.54) is 0 Å². The van der Waals surface area contributed by atoms with E-state index >= 15 is 0 Å². The molecule has 1 aromatic carbocycles. The summed E-state index contributed by atoms with van der Waals surface area (Å²) in [5, 5.41) is 3.26. The van der Waals surface area contributed by atoms with Crippen LogP contribution in [-0.2, 0) is 6.42 Å². The number of hydrogen-bond acceptors (Lipinski definition) is 2. The van der Waals surface area contributed by atoms with Crippen molar-refractivity contribution >= 4 is 0 Å². The van der Waals surface area contributed by atoms with Gasteiger partial charge in [-0.2, -0.15) is 0 Å². The van der Waals surface area contributed by atoms with Crippen molar-refractivity contribution in [2.24, 2.45) is 5.92 Å². The molecular weight excluding hydrogens is 217 g/mol. The maximum atomic E-state index is 13.6. The molecule has 0 aromatic heterocycles. The Balaban J connectivity index is 2.76. The molecule has 0 spiro atoms. The van der Waals surface area contributed by atoms with Crippen LogP contribution in [-0.4, -0.2) is 19.7 Å². The molecule has 0 aliphatic heterocycles. The van der Waals surface area contributed by atoms with Gasteiger partial charge in [-0.05, 0) is 44.0 Å². The first-order valence-corrected chi connectivity index (χ1v) is 6.17. The predicted molar refractivity (Wildman–Crippen MR) is 69.0 cm³/mol. The molecule has 0 fully saturated rings. The molecule has 2 nitrogen and oxygen atoms in total. The standard InChI is InChI=1S/C14H22FNO/c1-5-17-14-7-6-11(8-12(14)15)9-13(16-4)10(2)3/h6-8,10,13,16H,5,9H2,1-4H3. The Hall–Kier alpha value is -1.09. The van der Waals surface area contributed by atoms with E-state index in [1.54, 1.807) is 12.1 Å². The van der Waals surface area contributed by atoms with E-state index in [-0.39, 0.29) is 5.82 Å². The van der Waals surface area contributed by atoms with Gasteiger partial charge in [0.05, 0.1) is 6.61 Å². The number of benzene rings is 1. The molecule has 1 atom stereocenters. The second kappa shape index (κ2) is 6.60. The first kappa shape index (κ1) is 14.0. The number of ether oxygens (including phenoxy) is 1.